The molecule has 1 aliphatic rings. The first-order valence-corrected chi connectivity index (χ1v) is 12.9. The number of fused-ring (bicyclic) bond motifs is 1. The Bertz CT molecular complexity index is 1500. The second kappa shape index (κ2) is 10.6. The Labute approximate surface area is 227 Å². The number of nitrogens with one attached hydrogen (secondary N) is 2. The van der Waals surface area contributed by atoms with E-state index in [1.807, 2.05) is 25.3 Å². The quantitative estimate of drug-likeness (QED) is 0.298. The van der Waals surface area contributed by atoms with E-state index in [9.17, 15) is 22.4 Å². The van der Waals surface area contributed by atoms with Crippen LogP contribution < -0.4 is 10.6 Å². The summed E-state index contributed by atoms with van der Waals surface area (Å²) in [4.78, 5) is 16.9. The summed E-state index contributed by atoms with van der Waals surface area (Å²) in [6, 6.07) is 7.53. The van der Waals surface area contributed by atoms with Crippen molar-refractivity contribution in [1.82, 2.24) is 24.6 Å². The first kappa shape index (κ1) is 27.7. The van der Waals surface area contributed by atoms with Gasteiger partial charge in [-0.2, -0.15) is 18.2 Å². The molecule has 2 N–H and O–H groups in total. The van der Waals surface area contributed by atoms with Crippen LogP contribution in [0.5, 0.6) is 0 Å². The third-order valence-corrected chi connectivity index (χ3v) is 6.74. The number of hydrogen-bond donors (Lipinski definition) is 2. The molecule has 0 unspecified atom stereocenters. The summed E-state index contributed by atoms with van der Waals surface area (Å²) in [5, 5.41) is 10.2. The van der Waals surface area contributed by atoms with Gasteiger partial charge in [-0.1, -0.05) is 11.2 Å². The Hall–Kier alpha value is -3.87. The van der Waals surface area contributed by atoms with Gasteiger partial charge in [-0.15, -0.1) is 0 Å². The normalized spacial score (nSPS) is 18.3. The van der Waals surface area contributed by atoms with Gasteiger partial charge >= 0.3 is 6.18 Å². The summed E-state index contributed by atoms with van der Waals surface area (Å²) >= 11 is 0. The van der Waals surface area contributed by atoms with E-state index >= 15 is 0 Å². The van der Waals surface area contributed by atoms with Crippen molar-refractivity contribution in [3.8, 4) is 11.5 Å². The Morgan fingerprint density at radius 2 is 2.00 bits per heavy atom. The molecule has 0 radical (unpaired) electrons. The van der Waals surface area contributed by atoms with Crippen molar-refractivity contribution in [2.75, 3.05) is 18.5 Å². The molecule has 0 bridgehead atoms. The highest BCUT2D eigenvalue weighted by Gasteiger charge is 2.32. The number of carbonyl (C=O) groups excluding carboxylic acids is 1. The van der Waals surface area contributed by atoms with Gasteiger partial charge in [-0.05, 0) is 51.5 Å². The summed E-state index contributed by atoms with van der Waals surface area (Å²) in [5.74, 6) is -0.392. The fourth-order valence-corrected chi connectivity index (χ4v) is 4.65. The largest absolute Gasteiger partial charge is 0.406 e. The zero-order valence-electron chi connectivity index (χ0n) is 22.3. The molecule has 4 heterocycles. The monoisotopic (exact) mass is 562 g/mol. The number of benzene rings is 1. The summed E-state index contributed by atoms with van der Waals surface area (Å²) in [5.41, 5.74) is 1.10. The number of carbonyl (C=O) groups is 1. The van der Waals surface area contributed by atoms with Crippen LogP contribution in [0, 0.1) is 0 Å². The van der Waals surface area contributed by atoms with Gasteiger partial charge in [0.05, 0.1) is 36.0 Å². The van der Waals surface area contributed by atoms with Crippen LogP contribution in [0.3, 0.4) is 0 Å². The number of ether oxygens (including phenoxy) is 1. The van der Waals surface area contributed by atoms with Crippen molar-refractivity contribution in [3.63, 3.8) is 0 Å². The molecule has 2 atom stereocenters. The smallest absolute Gasteiger partial charge is 0.379 e. The standard InChI is InChI=1S/C27H30F4N6O3/c1-26(2,3)36-9-7-16(13-36)25(38)32-12-23-34-24(35-40-23)22-11-17-19(33-20-8-10-39-14-18(20)28)5-4-6-21(17)37(22)15-27(29,30)31/h4-7,9,11,13,18,20,33H,8,10,12,14-15H2,1-3H3,(H,32,38)/t18-,20+/m0/s1. The van der Waals surface area contributed by atoms with Crippen LogP contribution in [-0.4, -0.2) is 56.8 Å². The number of alkyl halides is 4. The molecule has 9 nitrogen and oxygen atoms in total. The summed E-state index contributed by atoms with van der Waals surface area (Å²) in [6.45, 7) is 4.97. The van der Waals surface area contributed by atoms with Gasteiger partial charge in [0.1, 0.15) is 12.7 Å². The van der Waals surface area contributed by atoms with Gasteiger partial charge in [-0.3, -0.25) is 4.79 Å². The number of amides is 1. The number of halogens is 4. The van der Waals surface area contributed by atoms with Gasteiger partial charge in [0.25, 0.3) is 5.91 Å². The average molecular weight is 563 g/mol. The second-order valence-electron chi connectivity index (χ2n) is 10.8. The SMILES string of the molecule is CC(C)(C)n1ccc(C(=O)NCc2nc(-c3cc4c(N[C@@H]5CCOC[C@@H]5F)cccc4n3CC(F)(F)F)no2)c1. The van der Waals surface area contributed by atoms with Crippen molar-refractivity contribution < 1.29 is 31.6 Å². The molecule has 13 heteroatoms. The number of nitrogens with zero attached hydrogens (tertiary/aromatic N) is 4. The number of aromatic nitrogens is 4. The van der Waals surface area contributed by atoms with Crippen molar-refractivity contribution >= 4 is 22.5 Å². The van der Waals surface area contributed by atoms with E-state index in [4.69, 9.17) is 9.26 Å². The Morgan fingerprint density at radius 1 is 1.20 bits per heavy atom. The van der Waals surface area contributed by atoms with E-state index < -0.39 is 24.9 Å². The number of hydrogen-bond acceptors (Lipinski definition) is 6. The molecule has 214 valence electrons. The fraction of sp³-hybridized carbons (Fsp3) is 0.444. The molecule has 0 spiro atoms. The Balaban J connectivity index is 1.40. The van der Waals surface area contributed by atoms with Gasteiger partial charge < -0.3 is 29.0 Å². The van der Waals surface area contributed by atoms with Crippen molar-refractivity contribution in [1.29, 1.82) is 0 Å². The molecule has 1 aliphatic heterocycles. The highest BCUT2D eigenvalue weighted by atomic mass is 19.4. The third-order valence-electron chi connectivity index (χ3n) is 6.74. The maximum Gasteiger partial charge on any atom is 0.406 e. The van der Waals surface area contributed by atoms with Crippen molar-refractivity contribution in [2.45, 2.75) is 64.2 Å². The van der Waals surface area contributed by atoms with Crippen LogP contribution in [0.25, 0.3) is 22.4 Å². The predicted octanol–water partition coefficient (Wildman–Crippen LogP) is 5.28. The Kier molecular flexibility index (Phi) is 7.34. The molecule has 40 heavy (non-hydrogen) atoms. The van der Waals surface area contributed by atoms with Crippen molar-refractivity contribution in [3.05, 3.63) is 54.2 Å². The summed E-state index contributed by atoms with van der Waals surface area (Å²) < 4.78 is 68.6. The lowest BCUT2D eigenvalue weighted by molar-refractivity contribution is -0.139. The number of anilines is 1. The van der Waals surface area contributed by atoms with Gasteiger partial charge in [0.15, 0.2) is 0 Å². The lowest BCUT2D eigenvalue weighted by Gasteiger charge is -2.28. The highest BCUT2D eigenvalue weighted by molar-refractivity contribution is 5.96. The van der Waals surface area contributed by atoms with E-state index in [2.05, 4.69) is 20.8 Å². The Morgan fingerprint density at radius 3 is 2.70 bits per heavy atom. The second-order valence-corrected chi connectivity index (χ2v) is 10.8. The topological polar surface area (TPSA) is 99.1 Å². The molecule has 3 aromatic heterocycles. The van der Waals surface area contributed by atoms with E-state index in [-0.39, 0.29) is 47.5 Å². The van der Waals surface area contributed by atoms with Crippen LogP contribution in [0.15, 0.2) is 47.2 Å². The minimum Gasteiger partial charge on any atom is -0.379 e. The molecule has 1 amide bonds. The van der Waals surface area contributed by atoms with Crippen LogP contribution in [-0.2, 0) is 23.4 Å². The maximum absolute atomic E-state index is 14.4. The van der Waals surface area contributed by atoms with Gasteiger partial charge in [0.2, 0.25) is 11.7 Å². The van der Waals surface area contributed by atoms with E-state index in [1.165, 1.54) is 6.07 Å². The average Bonchev–Trinajstić information content (AvgIpc) is 3.62. The maximum atomic E-state index is 14.4. The minimum atomic E-state index is -4.53. The zero-order chi connectivity index (χ0) is 28.7. The van der Waals surface area contributed by atoms with Gasteiger partial charge in [-0.25, -0.2) is 4.39 Å². The molecule has 0 saturated carbocycles. The number of rotatable bonds is 7. The fourth-order valence-electron chi connectivity index (χ4n) is 4.65. The first-order chi connectivity index (χ1) is 18.9. The molecule has 0 aliphatic carbocycles. The first-order valence-electron chi connectivity index (χ1n) is 12.9. The molecule has 1 saturated heterocycles. The minimum absolute atomic E-state index is 0.0308. The molecule has 5 rings (SSSR count). The molecule has 1 fully saturated rings. The lowest BCUT2D eigenvalue weighted by Crippen LogP contribution is -2.39. The van der Waals surface area contributed by atoms with E-state index in [0.717, 1.165) is 4.57 Å². The van der Waals surface area contributed by atoms with E-state index in [0.29, 0.717) is 29.7 Å². The predicted molar refractivity (Wildman–Crippen MR) is 140 cm³/mol. The molecule has 4 aromatic rings. The van der Waals surface area contributed by atoms with Gasteiger partial charge in [0, 0.05) is 35.6 Å². The molecular formula is C27H30F4N6O3. The summed E-state index contributed by atoms with van der Waals surface area (Å²) in [6.07, 6.45) is -1.82. The molecule has 1 aromatic carbocycles. The molecular weight excluding hydrogens is 532 g/mol. The third kappa shape index (κ3) is 5.98. The lowest BCUT2D eigenvalue weighted by atomic mass is 10.1. The highest BCUT2D eigenvalue weighted by Crippen LogP contribution is 2.35. The summed E-state index contributed by atoms with van der Waals surface area (Å²) in [7, 11) is 0. The zero-order valence-corrected chi connectivity index (χ0v) is 22.3. The van der Waals surface area contributed by atoms with Crippen LogP contribution in [0.2, 0.25) is 0 Å². The van der Waals surface area contributed by atoms with Crippen LogP contribution >= 0.6 is 0 Å². The van der Waals surface area contributed by atoms with E-state index in [1.54, 1.807) is 36.7 Å². The van der Waals surface area contributed by atoms with Crippen LogP contribution in [0.1, 0.15) is 43.4 Å². The van der Waals surface area contributed by atoms with Crippen molar-refractivity contribution in [2.24, 2.45) is 0 Å². The van der Waals surface area contributed by atoms with Crippen LogP contribution in [0.4, 0.5) is 23.2 Å².